The van der Waals surface area contributed by atoms with Crippen molar-refractivity contribution >= 4 is 5.91 Å². The highest BCUT2D eigenvalue weighted by Gasteiger charge is 2.14. The van der Waals surface area contributed by atoms with E-state index in [0.717, 1.165) is 22.5 Å². The second-order valence-corrected chi connectivity index (χ2v) is 7.08. The monoisotopic (exact) mass is 401 g/mol. The lowest BCUT2D eigenvalue weighted by Crippen LogP contribution is -2.28. The van der Waals surface area contributed by atoms with Crippen LogP contribution < -0.4 is 5.32 Å². The molecule has 2 heterocycles. The number of carbonyl (C=O) groups excluding carboxylic acids is 1. The third-order valence-corrected chi connectivity index (χ3v) is 4.94. The lowest BCUT2D eigenvalue weighted by molar-refractivity contribution is -0.122. The molecule has 0 fully saturated rings. The highest BCUT2D eigenvalue weighted by atomic mass is 16.2. The second-order valence-electron chi connectivity index (χ2n) is 7.08. The van der Waals surface area contributed by atoms with Gasteiger partial charge in [0.05, 0.1) is 12.2 Å². The summed E-state index contributed by atoms with van der Waals surface area (Å²) in [6.07, 6.45) is 0. The van der Waals surface area contributed by atoms with Gasteiger partial charge in [0.25, 0.3) is 0 Å². The molecule has 0 saturated heterocycles. The molecule has 0 aliphatic heterocycles. The fourth-order valence-corrected chi connectivity index (χ4v) is 3.28. The lowest BCUT2D eigenvalue weighted by atomic mass is 10.2. The largest absolute Gasteiger partial charge is 0.350 e. The van der Waals surface area contributed by atoms with Gasteiger partial charge in [-0.1, -0.05) is 60.7 Å². The number of hydrogen-bond donors (Lipinski definition) is 1. The average Bonchev–Trinajstić information content (AvgIpc) is 3.32. The zero-order chi connectivity index (χ0) is 20.9. The maximum Gasteiger partial charge on any atom is 0.243 e. The number of hydrogen-bond acceptors (Lipinski definition) is 5. The number of rotatable bonds is 7. The first-order valence-corrected chi connectivity index (χ1v) is 9.77. The van der Waals surface area contributed by atoms with Crippen molar-refractivity contribution in [2.75, 3.05) is 0 Å². The van der Waals surface area contributed by atoms with E-state index in [-0.39, 0.29) is 12.5 Å². The summed E-state index contributed by atoms with van der Waals surface area (Å²) in [6, 6.07) is 19.7. The van der Waals surface area contributed by atoms with Crippen molar-refractivity contribution in [3.8, 4) is 11.4 Å². The Balaban J connectivity index is 1.37. The van der Waals surface area contributed by atoms with E-state index in [1.54, 1.807) is 0 Å². The standard InChI is InChI=1S/C22H23N7O/c1-16-20(17(2)28(25-16)14-18-9-5-3-6-10-18)13-23-21(30)15-29-26-22(24-27-29)19-11-7-4-8-12-19/h3-12H,13-15H2,1-2H3,(H,23,30). The average molecular weight is 401 g/mol. The first-order chi connectivity index (χ1) is 14.6. The molecule has 4 aromatic rings. The summed E-state index contributed by atoms with van der Waals surface area (Å²) >= 11 is 0. The molecule has 1 amide bonds. The Hall–Kier alpha value is -3.81. The van der Waals surface area contributed by atoms with Gasteiger partial charge in [-0.2, -0.15) is 9.90 Å². The molecule has 30 heavy (non-hydrogen) atoms. The summed E-state index contributed by atoms with van der Waals surface area (Å²) in [6.45, 7) is 5.10. The Morgan fingerprint density at radius 1 is 0.967 bits per heavy atom. The molecule has 0 aliphatic carbocycles. The van der Waals surface area contributed by atoms with Crippen molar-refractivity contribution in [3.05, 3.63) is 83.2 Å². The number of aromatic nitrogens is 6. The SMILES string of the molecule is Cc1nn(Cc2ccccc2)c(C)c1CNC(=O)Cn1nnc(-c2ccccc2)n1. The molecule has 2 aromatic heterocycles. The van der Waals surface area contributed by atoms with Gasteiger partial charge in [0, 0.05) is 23.4 Å². The quantitative estimate of drug-likeness (QED) is 0.514. The summed E-state index contributed by atoms with van der Waals surface area (Å²) in [5.74, 6) is 0.318. The number of amides is 1. The van der Waals surface area contributed by atoms with E-state index in [2.05, 4.69) is 38.0 Å². The zero-order valence-electron chi connectivity index (χ0n) is 17.0. The first kappa shape index (κ1) is 19.5. The summed E-state index contributed by atoms with van der Waals surface area (Å²) in [4.78, 5) is 13.7. The molecular weight excluding hydrogens is 378 g/mol. The van der Waals surface area contributed by atoms with E-state index in [9.17, 15) is 4.79 Å². The van der Waals surface area contributed by atoms with Gasteiger partial charge in [0.2, 0.25) is 11.7 Å². The van der Waals surface area contributed by atoms with Crippen LogP contribution in [-0.4, -0.2) is 35.9 Å². The van der Waals surface area contributed by atoms with Crippen molar-refractivity contribution in [2.45, 2.75) is 33.5 Å². The Morgan fingerprint density at radius 3 is 2.40 bits per heavy atom. The van der Waals surface area contributed by atoms with Crippen molar-refractivity contribution in [1.29, 1.82) is 0 Å². The van der Waals surface area contributed by atoms with E-state index in [4.69, 9.17) is 0 Å². The van der Waals surface area contributed by atoms with Crippen molar-refractivity contribution in [1.82, 2.24) is 35.3 Å². The molecule has 0 aliphatic rings. The van der Waals surface area contributed by atoms with Gasteiger partial charge in [-0.05, 0) is 24.6 Å². The minimum absolute atomic E-state index is 0.0100. The second kappa shape index (κ2) is 8.69. The Kier molecular flexibility index (Phi) is 5.65. The smallest absolute Gasteiger partial charge is 0.243 e. The van der Waals surface area contributed by atoms with Crippen LogP contribution in [0.1, 0.15) is 22.5 Å². The maximum atomic E-state index is 12.4. The summed E-state index contributed by atoms with van der Waals surface area (Å²) in [5, 5.41) is 19.8. The van der Waals surface area contributed by atoms with Crippen LogP contribution >= 0.6 is 0 Å². The van der Waals surface area contributed by atoms with Crippen LogP contribution in [0.3, 0.4) is 0 Å². The third kappa shape index (κ3) is 4.43. The van der Waals surface area contributed by atoms with E-state index < -0.39 is 0 Å². The fraction of sp³-hybridized carbons (Fsp3) is 0.227. The van der Waals surface area contributed by atoms with Crippen LogP contribution in [0.5, 0.6) is 0 Å². The van der Waals surface area contributed by atoms with Crippen LogP contribution in [0.25, 0.3) is 11.4 Å². The summed E-state index contributed by atoms with van der Waals surface area (Å²) in [5.41, 5.74) is 5.03. The minimum Gasteiger partial charge on any atom is -0.350 e. The molecule has 0 spiro atoms. The molecule has 1 N–H and O–H groups in total. The van der Waals surface area contributed by atoms with Gasteiger partial charge >= 0.3 is 0 Å². The van der Waals surface area contributed by atoms with Crippen LogP contribution in [0.15, 0.2) is 60.7 Å². The third-order valence-electron chi connectivity index (χ3n) is 4.94. The molecule has 0 radical (unpaired) electrons. The molecule has 4 rings (SSSR count). The van der Waals surface area contributed by atoms with Gasteiger partial charge in [-0.25, -0.2) is 0 Å². The molecule has 0 atom stereocenters. The van der Waals surface area contributed by atoms with E-state index in [1.165, 1.54) is 10.4 Å². The maximum absolute atomic E-state index is 12.4. The summed E-state index contributed by atoms with van der Waals surface area (Å²) < 4.78 is 1.97. The van der Waals surface area contributed by atoms with Crippen molar-refractivity contribution in [3.63, 3.8) is 0 Å². The minimum atomic E-state index is -0.179. The Morgan fingerprint density at radius 2 is 1.67 bits per heavy atom. The van der Waals surface area contributed by atoms with Gasteiger partial charge in [0.1, 0.15) is 6.54 Å². The normalized spacial score (nSPS) is 10.9. The predicted octanol–water partition coefficient (Wildman–Crippen LogP) is 2.52. The molecule has 152 valence electrons. The van der Waals surface area contributed by atoms with Gasteiger partial charge in [-0.15, -0.1) is 10.2 Å². The lowest BCUT2D eigenvalue weighted by Gasteiger charge is -2.07. The molecule has 8 heteroatoms. The number of benzene rings is 2. The molecule has 0 bridgehead atoms. The van der Waals surface area contributed by atoms with Crippen molar-refractivity contribution in [2.24, 2.45) is 0 Å². The van der Waals surface area contributed by atoms with Crippen LogP contribution in [-0.2, 0) is 24.4 Å². The van der Waals surface area contributed by atoms with Gasteiger partial charge < -0.3 is 5.32 Å². The molecular formula is C22H23N7O. The highest BCUT2D eigenvalue weighted by Crippen LogP contribution is 2.15. The predicted molar refractivity (Wildman–Crippen MR) is 112 cm³/mol. The molecule has 8 nitrogen and oxygen atoms in total. The van der Waals surface area contributed by atoms with E-state index >= 15 is 0 Å². The first-order valence-electron chi connectivity index (χ1n) is 9.77. The number of aryl methyl sites for hydroxylation is 1. The topological polar surface area (TPSA) is 90.5 Å². The molecule has 0 unspecified atom stereocenters. The number of carbonyl (C=O) groups is 1. The Labute approximate surface area is 174 Å². The summed E-state index contributed by atoms with van der Waals surface area (Å²) in [7, 11) is 0. The van der Waals surface area contributed by atoms with Crippen LogP contribution in [0, 0.1) is 13.8 Å². The number of tetrazole rings is 1. The van der Waals surface area contributed by atoms with E-state index in [1.807, 2.05) is 67.1 Å². The van der Waals surface area contributed by atoms with E-state index in [0.29, 0.717) is 18.9 Å². The molecule has 2 aromatic carbocycles. The van der Waals surface area contributed by atoms with Gasteiger partial charge in [-0.3, -0.25) is 9.48 Å². The molecule has 0 saturated carbocycles. The number of nitrogens with one attached hydrogen (secondary N) is 1. The highest BCUT2D eigenvalue weighted by molar-refractivity contribution is 5.75. The van der Waals surface area contributed by atoms with Crippen molar-refractivity contribution < 1.29 is 4.79 Å². The van der Waals surface area contributed by atoms with Gasteiger partial charge in [0.15, 0.2) is 0 Å². The zero-order valence-corrected chi connectivity index (χ0v) is 17.0. The Bertz CT molecular complexity index is 1130. The van der Waals surface area contributed by atoms with Crippen LogP contribution in [0.2, 0.25) is 0 Å². The fourth-order valence-electron chi connectivity index (χ4n) is 3.28. The van der Waals surface area contributed by atoms with Crippen LogP contribution in [0.4, 0.5) is 0 Å². The number of nitrogens with zero attached hydrogens (tertiary/aromatic N) is 6.